The smallest absolute Gasteiger partial charge is 0.308 e. The van der Waals surface area contributed by atoms with Crippen molar-refractivity contribution in [3.63, 3.8) is 0 Å². The molecule has 0 aromatic heterocycles. The van der Waals surface area contributed by atoms with Crippen LogP contribution in [0.2, 0.25) is 0 Å². The Labute approximate surface area is 91.3 Å². The van der Waals surface area contributed by atoms with Gasteiger partial charge in [0.15, 0.2) is 0 Å². The Morgan fingerprint density at radius 3 is 2.13 bits per heavy atom. The minimum Gasteiger partial charge on any atom is -0.481 e. The SMILES string of the molecule is CC(CN(C)C(=O)CC(C)(C)C)C(=O)O. The maximum atomic E-state index is 11.6. The number of carboxylic acid groups (broad SMARTS) is 1. The number of rotatable bonds is 4. The molecule has 0 aliphatic rings. The van der Waals surface area contributed by atoms with E-state index in [1.54, 1.807) is 14.0 Å². The molecule has 1 amide bonds. The molecule has 0 rings (SSSR count). The lowest BCUT2D eigenvalue weighted by molar-refractivity contribution is -0.142. The molecule has 4 nitrogen and oxygen atoms in total. The lowest BCUT2D eigenvalue weighted by atomic mass is 9.91. The maximum absolute atomic E-state index is 11.6. The third kappa shape index (κ3) is 6.10. The highest BCUT2D eigenvalue weighted by atomic mass is 16.4. The van der Waals surface area contributed by atoms with Crippen LogP contribution in [0.5, 0.6) is 0 Å². The van der Waals surface area contributed by atoms with Gasteiger partial charge in [0.05, 0.1) is 5.92 Å². The van der Waals surface area contributed by atoms with Gasteiger partial charge in [0.25, 0.3) is 0 Å². The Kier molecular flexibility index (Phi) is 4.78. The van der Waals surface area contributed by atoms with Crippen LogP contribution in [0.1, 0.15) is 34.1 Å². The lowest BCUT2D eigenvalue weighted by Crippen LogP contribution is -2.35. The fourth-order valence-electron chi connectivity index (χ4n) is 1.18. The number of carbonyl (C=O) groups excluding carboxylic acids is 1. The Morgan fingerprint density at radius 1 is 1.33 bits per heavy atom. The molecule has 4 heteroatoms. The molecule has 0 aliphatic carbocycles. The van der Waals surface area contributed by atoms with E-state index in [2.05, 4.69) is 0 Å². The molecule has 0 spiro atoms. The fourth-order valence-corrected chi connectivity index (χ4v) is 1.18. The van der Waals surface area contributed by atoms with Gasteiger partial charge in [0.1, 0.15) is 0 Å². The monoisotopic (exact) mass is 215 g/mol. The van der Waals surface area contributed by atoms with E-state index in [4.69, 9.17) is 5.11 Å². The van der Waals surface area contributed by atoms with Gasteiger partial charge in [-0.2, -0.15) is 0 Å². The van der Waals surface area contributed by atoms with Crippen LogP contribution in [0.3, 0.4) is 0 Å². The number of carboxylic acids is 1. The molecule has 0 fully saturated rings. The second-order valence-corrected chi connectivity index (χ2v) is 5.25. The van der Waals surface area contributed by atoms with E-state index >= 15 is 0 Å². The number of aliphatic carboxylic acids is 1. The quantitative estimate of drug-likeness (QED) is 0.775. The van der Waals surface area contributed by atoms with Gasteiger partial charge < -0.3 is 10.0 Å². The van der Waals surface area contributed by atoms with Crippen LogP contribution in [0, 0.1) is 11.3 Å². The van der Waals surface area contributed by atoms with Crippen molar-refractivity contribution in [1.29, 1.82) is 0 Å². The summed E-state index contributed by atoms with van der Waals surface area (Å²) in [7, 11) is 1.65. The first-order chi connectivity index (χ1) is 6.63. The van der Waals surface area contributed by atoms with Crippen LogP contribution < -0.4 is 0 Å². The van der Waals surface area contributed by atoms with E-state index in [0.29, 0.717) is 6.42 Å². The van der Waals surface area contributed by atoms with E-state index in [1.165, 1.54) is 4.90 Å². The van der Waals surface area contributed by atoms with Crippen molar-refractivity contribution in [1.82, 2.24) is 4.90 Å². The molecule has 1 unspecified atom stereocenters. The summed E-state index contributed by atoms with van der Waals surface area (Å²) < 4.78 is 0. The molecule has 0 heterocycles. The minimum atomic E-state index is -0.870. The first kappa shape index (κ1) is 13.9. The van der Waals surface area contributed by atoms with Crippen LogP contribution in [0.4, 0.5) is 0 Å². The summed E-state index contributed by atoms with van der Waals surface area (Å²) >= 11 is 0. The summed E-state index contributed by atoms with van der Waals surface area (Å²) in [4.78, 5) is 23.7. The number of carbonyl (C=O) groups is 2. The molecule has 15 heavy (non-hydrogen) atoms. The molecular formula is C11H21NO3. The molecule has 88 valence electrons. The number of hydrogen-bond donors (Lipinski definition) is 1. The van der Waals surface area contributed by atoms with Crippen LogP contribution in [0.15, 0.2) is 0 Å². The van der Waals surface area contributed by atoms with Crippen molar-refractivity contribution in [2.24, 2.45) is 11.3 Å². The van der Waals surface area contributed by atoms with Crippen molar-refractivity contribution >= 4 is 11.9 Å². The molecule has 0 saturated carbocycles. The van der Waals surface area contributed by atoms with Gasteiger partial charge >= 0.3 is 5.97 Å². The molecular weight excluding hydrogens is 194 g/mol. The number of amides is 1. The fraction of sp³-hybridized carbons (Fsp3) is 0.818. The Hall–Kier alpha value is -1.06. The summed E-state index contributed by atoms with van der Waals surface area (Å²) in [5, 5.41) is 8.71. The topological polar surface area (TPSA) is 57.6 Å². The van der Waals surface area contributed by atoms with E-state index in [-0.39, 0.29) is 17.9 Å². The Morgan fingerprint density at radius 2 is 1.80 bits per heavy atom. The lowest BCUT2D eigenvalue weighted by Gasteiger charge is -2.24. The normalized spacial score (nSPS) is 13.4. The van der Waals surface area contributed by atoms with Crippen molar-refractivity contribution in [2.45, 2.75) is 34.1 Å². The van der Waals surface area contributed by atoms with E-state index in [0.717, 1.165) is 0 Å². The van der Waals surface area contributed by atoms with Gasteiger partial charge in [0, 0.05) is 20.0 Å². The van der Waals surface area contributed by atoms with Gasteiger partial charge in [-0.1, -0.05) is 27.7 Å². The number of hydrogen-bond acceptors (Lipinski definition) is 2. The zero-order valence-corrected chi connectivity index (χ0v) is 10.2. The molecule has 0 aromatic carbocycles. The molecule has 0 bridgehead atoms. The standard InChI is InChI=1S/C11H21NO3/c1-8(10(14)15)7-12(5)9(13)6-11(2,3)4/h8H,6-7H2,1-5H3,(H,14,15). The summed E-state index contributed by atoms with van der Waals surface area (Å²) in [5.41, 5.74) is -0.0577. The van der Waals surface area contributed by atoms with E-state index in [1.807, 2.05) is 20.8 Å². The van der Waals surface area contributed by atoms with Crippen molar-refractivity contribution < 1.29 is 14.7 Å². The maximum Gasteiger partial charge on any atom is 0.308 e. The zero-order valence-electron chi connectivity index (χ0n) is 10.2. The predicted octanol–water partition coefficient (Wildman–Crippen LogP) is 1.60. The summed E-state index contributed by atoms with van der Waals surface area (Å²) in [5.74, 6) is -1.39. The first-order valence-corrected chi connectivity index (χ1v) is 5.10. The average molecular weight is 215 g/mol. The van der Waals surface area contributed by atoms with Crippen molar-refractivity contribution in [3.05, 3.63) is 0 Å². The minimum absolute atomic E-state index is 0.00407. The van der Waals surface area contributed by atoms with Crippen LogP contribution >= 0.6 is 0 Å². The van der Waals surface area contributed by atoms with Gasteiger partial charge in [0.2, 0.25) is 5.91 Å². The predicted molar refractivity (Wildman–Crippen MR) is 58.5 cm³/mol. The second-order valence-electron chi connectivity index (χ2n) is 5.25. The highest BCUT2D eigenvalue weighted by molar-refractivity contribution is 5.77. The van der Waals surface area contributed by atoms with Gasteiger partial charge in [-0.3, -0.25) is 9.59 Å². The largest absolute Gasteiger partial charge is 0.481 e. The summed E-state index contributed by atoms with van der Waals surface area (Å²) in [6, 6.07) is 0. The van der Waals surface area contributed by atoms with Crippen LogP contribution in [-0.2, 0) is 9.59 Å². The third-order valence-corrected chi connectivity index (χ3v) is 2.08. The van der Waals surface area contributed by atoms with E-state index < -0.39 is 11.9 Å². The third-order valence-electron chi connectivity index (χ3n) is 2.08. The highest BCUT2D eigenvalue weighted by Crippen LogP contribution is 2.19. The molecule has 0 radical (unpaired) electrons. The highest BCUT2D eigenvalue weighted by Gasteiger charge is 2.21. The first-order valence-electron chi connectivity index (χ1n) is 5.10. The molecule has 1 atom stereocenters. The molecule has 0 aliphatic heterocycles. The van der Waals surface area contributed by atoms with Crippen molar-refractivity contribution in [2.75, 3.05) is 13.6 Å². The Bertz CT molecular complexity index is 243. The number of nitrogens with zero attached hydrogens (tertiary/aromatic N) is 1. The molecule has 0 saturated heterocycles. The molecule has 0 aromatic rings. The van der Waals surface area contributed by atoms with Gasteiger partial charge in [-0.05, 0) is 5.41 Å². The van der Waals surface area contributed by atoms with E-state index in [9.17, 15) is 9.59 Å². The summed E-state index contributed by atoms with van der Waals surface area (Å²) in [6.07, 6.45) is 0.440. The van der Waals surface area contributed by atoms with Crippen LogP contribution in [-0.4, -0.2) is 35.5 Å². The molecule has 1 N–H and O–H groups in total. The Balaban J connectivity index is 4.17. The van der Waals surface area contributed by atoms with Crippen molar-refractivity contribution in [3.8, 4) is 0 Å². The second kappa shape index (κ2) is 5.14. The zero-order chi connectivity index (χ0) is 12.2. The van der Waals surface area contributed by atoms with Gasteiger partial charge in [-0.15, -0.1) is 0 Å². The van der Waals surface area contributed by atoms with Gasteiger partial charge in [-0.25, -0.2) is 0 Å². The summed E-state index contributed by atoms with van der Waals surface area (Å²) in [6.45, 7) is 7.82. The van der Waals surface area contributed by atoms with Crippen LogP contribution in [0.25, 0.3) is 0 Å². The average Bonchev–Trinajstić information content (AvgIpc) is 2.00.